The minimum atomic E-state index is -2.49. The third-order valence-corrected chi connectivity index (χ3v) is 1.71. The maximum Gasteiger partial charge on any atom is 0.323 e. The molecule has 0 radical (unpaired) electrons. The van der Waals surface area contributed by atoms with E-state index in [2.05, 4.69) is 4.74 Å². The van der Waals surface area contributed by atoms with E-state index in [4.69, 9.17) is 5.73 Å². The zero-order chi connectivity index (χ0) is 8.85. The smallest absolute Gasteiger partial charge is 0.323 e. The molecule has 0 aromatic carbocycles. The van der Waals surface area contributed by atoms with E-state index in [1.54, 1.807) is 0 Å². The van der Waals surface area contributed by atoms with Crippen LogP contribution in [0.4, 0.5) is 8.78 Å². The summed E-state index contributed by atoms with van der Waals surface area (Å²) in [6.45, 7) is 0. The number of carbonyl (C=O) groups is 1. The molecule has 6 heteroatoms. The van der Waals surface area contributed by atoms with Crippen LogP contribution in [0.2, 0.25) is 0 Å². The number of methoxy groups -OCH3 is 1. The summed E-state index contributed by atoms with van der Waals surface area (Å²) in [6, 6.07) is -0.959. The maximum absolute atomic E-state index is 11.5. The number of hydrogen-bond donors (Lipinski definition) is 1. The molecule has 2 N–H and O–H groups in total. The predicted molar refractivity (Wildman–Crippen MR) is 38.5 cm³/mol. The summed E-state index contributed by atoms with van der Waals surface area (Å²) in [7, 11) is 1.16. The second-order valence-corrected chi connectivity index (χ2v) is 2.75. The van der Waals surface area contributed by atoms with Crippen molar-refractivity contribution in [3.8, 4) is 0 Å². The fourth-order valence-electron chi connectivity index (χ4n) is 0.396. The van der Waals surface area contributed by atoms with Gasteiger partial charge in [0.2, 0.25) is 0 Å². The molecular weight excluding hydrogens is 176 g/mol. The monoisotopic (exact) mass is 185 g/mol. The average molecular weight is 185 g/mol. The van der Waals surface area contributed by atoms with E-state index in [0.717, 1.165) is 7.11 Å². The van der Waals surface area contributed by atoms with Gasteiger partial charge in [0.15, 0.2) is 0 Å². The van der Waals surface area contributed by atoms with Crippen LogP contribution in [0.3, 0.4) is 0 Å². The molecule has 0 rings (SSSR count). The summed E-state index contributed by atoms with van der Waals surface area (Å²) in [6.07, 6.45) is 0. The number of nitrogens with two attached hydrogens (primary N) is 1. The van der Waals surface area contributed by atoms with Crippen LogP contribution in [0, 0.1) is 0 Å². The Bertz CT molecular complexity index is 134. The first-order valence-corrected chi connectivity index (χ1v) is 3.86. The first-order valence-electron chi connectivity index (χ1n) is 2.81. The van der Waals surface area contributed by atoms with Crippen LogP contribution in [0.1, 0.15) is 0 Å². The van der Waals surface area contributed by atoms with E-state index in [-0.39, 0.29) is 5.75 Å². The maximum atomic E-state index is 11.5. The van der Waals surface area contributed by atoms with Crippen molar-refractivity contribution in [3.05, 3.63) is 0 Å². The van der Waals surface area contributed by atoms with Gasteiger partial charge in [0, 0.05) is 5.75 Å². The molecule has 0 saturated carbocycles. The summed E-state index contributed by atoms with van der Waals surface area (Å²) < 4.78 is 27.3. The zero-order valence-electron chi connectivity index (χ0n) is 5.92. The number of ether oxygens (including phenoxy) is 1. The van der Waals surface area contributed by atoms with E-state index in [1.165, 1.54) is 0 Å². The first-order chi connectivity index (χ1) is 5.07. The average Bonchev–Trinajstić information content (AvgIpc) is 1.98. The minimum absolute atomic E-state index is 0.121. The summed E-state index contributed by atoms with van der Waals surface area (Å²) in [4.78, 5) is 10.5. The molecule has 0 aliphatic heterocycles. The van der Waals surface area contributed by atoms with Crippen LogP contribution in [0.25, 0.3) is 0 Å². The molecule has 0 aromatic rings. The Balaban J connectivity index is 3.52. The van der Waals surface area contributed by atoms with Gasteiger partial charge in [-0.15, -0.1) is 0 Å². The topological polar surface area (TPSA) is 52.3 Å². The number of alkyl halides is 2. The molecule has 0 bridgehead atoms. The fraction of sp³-hybridized carbons (Fsp3) is 0.800. The van der Waals surface area contributed by atoms with Crippen LogP contribution < -0.4 is 5.73 Å². The number of carbonyl (C=O) groups excluding carboxylic acids is 1. The standard InChI is InChI=1S/C5H9F2NO2S/c1-10-4(9)3(8)2-11-5(6)7/h3,5H,2,8H2,1H3. The molecule has 3 nitrogen and oxygen atoms in total. The summed E-state index contributed by atoms with van der Waals surface area (Å²) in [5.74, 6) is -3.28. The molecule has 0 amide bonds. The van der Waals surface area contributed by atoms with Gasteiger partial charge in [-0.2, -0.15) is 8.78 Å². The molecule has 0 heterocycles. The third kappa shape index (κ3) is 4.97. The van der Waals surface area contributed by atoms with E-state index in [1.807, 2.05) is 0 Å². The predicted octanol–water partition coefficient (Wildman–Crippen LogP) is 0.443. The van der Waals surface area contributed by atoms with E-state index in [9.17, 15) is 13.6 Å². The van der Waals surface area contributed by atoms with Gasteiger partial charge < -0.3 is 10.5 Å². The van der Waals surface area contributed by atoms with Crippen molar-refractivity contribution in [2.45, 2.75) is 11.8 Å². The Morgan fingerprint density at radius 1 is 1.73 bits per heavy atom. The molecule has 1 unspecified atom stereocenters. The zero-order valence-corrected chi connectivity index (χ0v) is 6.74. The Labute approximate surface area is 67.3 Å². The highest BCUT2D eigenvalue weighted by atomic mass is 32.2. The molecule has 0 spiro atoms. The van der Waals surface area contributed by atoms with Gasteiger partial charge in [-0.1, -0.05) is 11.8 Å². The molecule has 0 saturated heterocycles. The molecule has 0 aliphatic rings. The molecule has 1 atom stereocenters. The van der Waals surface area contributed by atoms with Crippen LogP contribution in [0.15, 0.2) is 0 Å². The van der Waals surface area contributed by atoms with Crippen molar-refractivity contribution in [2.75, 3.05) is 12.9 Å². The molecular formula is C5H9F2NO2S. The van der Waals surface area contributed by atoms with E-state index < -0.39 is 17.8 Å². The molecule has 0 aliphatic carbocycles. The van der Waals surface area contributed by atoms with Gasteiger partial charge in [0.25, 0.3) is 5.76 Å². The van der Waals surface area contributed by atoms with E-state index >= 15 is 0 Å². The molecule has 66 valence electrons. The molecule has 0 fully saturated rings. The summed E-state index contributed by atoms with van der Waals surface area (Å²) >= 11 is 0.324. The lowest BCUT2D eigenvalue weighted by Crippen LogP contribution is -2.34. The van der Waals surface area contributed by atoms with Gasteiger partial charge in [-0.3, -0.25) is 4.79 Å². The fourth-order valence-corrected chi connectivity index (χ4v) is 0.885. The number of thioether (sulfide) groups is 1. The summed E-state index contributed by atoms with van der Waals surface area (Å²) in [5, 5.41) is 0. The number of hydrogen-bond acceptors (Lipinski definition) is 4. The van der Waals surface area contributed by atoms with Crippen LogP contribution in [0.5, 0.6) is 0 Å². The lowest BCUT2D eigenvalue weighted by atomic mass is 10.4. The van der Waals surface area contributed by atoms with Crippen LogP contribution >= 0.6 is 11.8 Å². The Morgan fingerprint density at radius 2 is 2.27 bits per heavy atom. The first kappa shape index (κ1) is 10.6. The van der Waals surface area contributed by atoms with Crippen molar-refractivity contribution < 1.29 is 18.3 Å². The highest BCUT2D eigenvalue weighted by Gasteiger charge is 2.15. The van der Waals surface area contributed by atoms with Crippen molar-refractivity contribution in [1.29, 1.82) is 0 Å². The lowest BCUT2D eigenvalue weighted by Gasteiger charge is -2.07. The largest absolute Gasteiger partial charge is 0.468 e. The van der Waals surface area contributed by atoms with Crippen molar-refractivity contribution in [2.24, 2.45) is 5.73 Å². The van der Waals surface area contributed by atoms with Crippen LogP contribution in [-0.2, 0) is 9.53 Å². The number of halogens is 2. The Hall–Kier alpha value is -0.360. The van der Waals surface area contributed by atoms with Gasteiger partial charge >= 0.3 is 5.97 Å². The van der Waals surface area contributed by atoms with Crippen molar-refractivity contribution in [1.82, 2.24) is 0 Å². The SMILES string of the molecule is COC(=O)C(N)CSC(F)F. The van der Waals surface area contributed by atoms with Gasteiger partial charge in [0.1, 0.15) is 6.04 Å². The third-order valence-electron chi connectivity index (χ3n) is 0.906. The normalized spacial score (nSPS) is 13.2. The van der Waals surface area contributed by atoms with Gasteiger partial charge in [0.05, 0.1) is 7.11 Å². The van der Waals surface area contributed by atoms with E-state index in [0.29, 0.717) is 11.8 Å². The molecule has 0 aromatic heterocycles. The summed E-state index contributed by atoms with van der Waals surface area (Å²) in [5.41, 5.74) is 5.15. The molecule has 11 heavy (non-hydrogen) atoms. The number of esters is 1. The highest BCUT2D eigenvalue weighted by Crippen LogP contribution is 2.13. The number of rotatable bonds is 4. The Kier molecular flexibility index (Phi) is 5.14. The Morgan fingerprint density at radius 3 is 2.64 bits per heavy atom. The van der Waals surface area contributed by atoms with Crippen LogP contribution in [-0.4, -0.2) is 30.6 Å². The quantitative estimate of drug-likeness (QED) is 0.646. The highest BCUT2D eigenvalue weighted by molar-refractivity contribution is 7.99. The van der Waals surface area contributed by atoms with Crippen molar-refractivity contribution in [3.63, 3.8) is 0 Å². The lowest BCUT2D eigenvalue weighted by molar-refractivity contribution is -0.141. The van der Waals surface area contributed by atoms with Gasteiger partial charge in [-0.05, 0) is 0 Å². The minimum Gasteiger partial charge on any atom is -0.468 e. The van der Waals surface area contributed by atoms with Gasteiger partial charge in [-0.25, -0.2) is 0 Å². The second-order valence-electron chi connectivity index (χ2n) is 1.72. The second kappa shape index (κ2) is 5.31. The van der Waals surface area contributed by atoms with Crippen molar-refractivity contribution >= 4 is 17.7 Å².